The molecule has 0 aromatic carbocycles. The number of rotatable bonds is 6. The zero-order valence-electron chi connectivity index (χ0n) is 7.62. The fourth-order valence-electron chi connectivity index (χ4n) is 0.869. The van der Waals surface area contributed by atoms with E-state index in [1.807, 2.05) is 13.8 Å². The van der Waals surface area contributed by atoms with Crippen molar-refractivity contribution in [2.45, 2.75) is 39.2 Å². The summed E-state index contributed by atoms with van der Waals surface area (Å²) in [5.74, 6) is -0.847. The predicted molar refractivity (Wildman–Crippen MR) is 42.6 cm³/mol. The van der Waals surface area contributed by atoms with E-state index >= 15 is 0 Å². The minimum Gasteiger partial charge on any atom is -0.479 e. The standard InChI is InChI=1S/C8H16O3.Ta/c1-3-5-6-7(8(9)10)11-4-2;/h7H,3-6H2,1-2H3,(H,9,10);. The van der Waals surface area contributed by atoms with Crippen molar-refractivity contribution in [3.05, 3.63) is 0 Å². The van der Waals surface area contributed by atoms with Gasteiger partial charge in [-0.2, -0.15) is 0 Å². The van der Waals surface area contributed by atoms with Gasteiger partial charge in [0.1, 0.15) is 0 Å². The molecule has 0 saturated carbocycles. The van der Waals surface area contributed by atoms with Gasteiger partial charge in [-0.15, -0.1) is 0 Å². The molecular formula is C8H16O3Ta. The number of hydrogen-bond acceptors (Lipinski definition) is 2. The van der Waals surface area contributed by atoms with Crippen LogP contribution in [0, 0.1) is 0 Å². The molecule has 0 amide bonds. The van der Waals surface area contributed by atoms with Crippen molar-refractivity contribution in [2.75, 3.05) is 6.61 Å². The van der Waals surface area contributed by atoms with Crippen LogP contribution in [0.3, 0.4) is 0 Å². The molecular weight excluding hydrogens is 325 g/mol. The first kappa shape index (κ1) is 14.7. The summed E-state index contributed by atoms with van der Waals surface area (Å²) in [5.41, 5.74) is 0. The van der Waals surface area contributed by atoms with E-state index in [9.17, 15) is 4.79 Å². The number of unbranched alkanes of at least 4 members (excludes halogenated alkanes) is 1. The first-order valence-electron chi connectivity index (χ1n) is 4.06. The molecule has 0 rings (SSSR count). The van der Waals surface area contributed by atoms with Crippen molar-refractivity contribution in [3.8, 4) is 0 Å². The number of carboxylic acid groups (broad SMARTS) is 1. The van der Waals surface area contributed by atoms with Gasteiger partial charge in [-0.25, -0.2) is 4.79 Å². The van der Waals surface area contributed by atoms with Crippen molar-refractivity contribution in [1.82, 2.24) is 0 Å². The van der Waals surface area contributed by atoms with Crippen LogP contribution in [-0.4, -0.2) is 23.8 Å². The van der Waals surface area contributed by atoms with Crippen LogP contribution in [0.25, 0.3) is 0 Å². The molecule has 12 heavy (non-hydrogen) atoms. The Kier molecular flexibility index (Phi) is 11.3. The number of hydrogen-bond donors (Lipinski definition) is 1. The second-order valence-corrected chi connectivity index (χ2v) is 2.42. The van der Waals surface area contributed by atoms with Gasteiger partial charge < -0.3 is 9.84 Å². The Morgan fingerprint density at radius 2 is 2.08 bits per heavy atom. The quantitative estimate of drug-likeness (QED) is 0.799. The molecule has 1 unspecified atom stereocenters. The molecule has 0 aliphatic carbocycles. The second kappa shape index (κ2) is 9.26. The van der Waals surface area contributed by atoms with E-state index in [-0.39, 0.29) is 22.4 Å². The monoisotopic (exact) mass is 341 g/mol. The largest absolute Gasteiger partial charge is 0.479 e. The average molecular weight is 341 g/mol. The van der Waals surface area contributed by atoms with Crippen molar-refractivity contribution in [2.24, 2.45) is 0 Å². The normalized spacial score (nSPS) is 11.8. The Bertz CT molecular complexity index is 117. The molecule has 3 nitrogen and oxygen atoms in total. The van der Waals surface area contributed by atoms with E-state index in [0.29, 0.717) is 13.0 Å². The molecule has 0 aliphatic heterocycles. The van der Waals surface area contributed by atoms with Crippen LogP contribution in [0.4, 0.5) is 0 Å². The van der Waals surface area contributed by atoms with Gasteiger partial charge in [0.25, 0.3) is 0 Å². The van der Waals surface area contributed by atoms with Gasteiger partial charge in [-0.05, 0) is 13.3 Å². The summed E-state index contributed by atoms with van der Waals surface area (Å²) in [6.07, 6.45) is 1.95. The van der Waals surface area contributed by atoms with Crippen LogP contribution in [0.1, 0.15) is 33.1 Å². The van der Waals surface area contributed by atoms with E-state index < -0.39 is 12.1 Å². The molecule has 0 aromatic heterocycles. The SMILES string of the molecule is CCCCC(OCC)C(=O)O.[Ta]. The maximum Gasteiger partial charge on any atom is 0.332 e. The van der Waals surface area contributed by atoms with Crippen molar-refractivity contribution in [3.63, 3.8) is 0 Å². The van der Waals surface area contributed by atoms with Gasteiger partial charge in [0.05, 0.1) is 0 Å². The van der Waals surface area contributed by atoms with Crippen LogP contribution in [0.5, 0.6) is 0 Å². The molecule has 71 valence electrons. The van der Waals surface area contributed by atoms with Crippen LogP contribution in [0.2, 0.25) is 0 Å². The van der Waals surface area contributed by atoms with Gasteiger partial charge in [-0.3, -0.25) is 0 Å². The van der Waals surface area contributed by atoms with Crippen LogP contribution >= 0.6 is 0 Å². The van der Waals surface area contributed by atoms with E-state index in [0.717, 1.165) is 12.8 Å². The maximum atomic E-state index is 10.5. The van der Waals surface area contributed by atoms with Crippen molar-refractivity contribution < 1.29 is 37.0 Å². The Hall–Kier alpha value is 0.170. The third kappa shape index (κ3) is 6.85. The van der Waals surface area contributed by atoms with Crippen LogP contribution in [0.15, 0.2) is 0 Å². The summed E-state index contributed by atoms with van der Waals surface area (Å²) in [7, 11) is 0. The van der Waals surface area contributed by atoms with Gasteiger partial charge in [0, 0.05) is 29.0 Å². The first-order valence-corrected chi connectivity index (χ1v) is 4.06. The number of carbonyl (C=O) groups is 1. The average Bonchev–Trinajstić information content (AvgIpc) is 1.97. The number of carboxylic acids is 1. The molecule has 1 atom stereocenters. The minimum absolute atomic E-state index is 0. The second-order valence-electron chi connectivity index (χ2n) is 2.42. The summed E-state index contributed by atoms with van der Waals surface area (Å²) in [6.45, 7) is 4.31. The molecule has 0 fully saturated rings. The number of ether oxygens (including phenoxy) is 1. The number of aliphatic carboxylic acids is 1. The molecule has 1 radical (unpaired) electrons. The van der Waals surface area contributed by atoms with E-state index in [1.54, 1.807) is 0 Å². The maximum absolute atomic E-state index is 10.5. The molecule has 0 saturated heterocycles. The molecule has 4 heteroatoms. The predicted octanol–water partition coefficient (Wildman–Crippen LogP) is 1.66. The van der Waals surface area contributed by atoms with Gasteiger partial charge in [0.15, 0.2) is 6.10 Å². The van der Waals surface area contributed by atoms with E-state index in [4.69, 9.17) is 9.84 Å². The third-order valence-corrected chi connectivity index (χ3v) is 1.46. The zero-order valence-corrected chi connectivity index (χ0v) is 10.8. The van der Waals surface area contributed by atoms with E-state index in [1.165, 1.54) is 0 Å². The first-order chi connectivity index (χ1) is 5.22. The van der Waals surface area contributed by atoms with Crippen molar-refractivity contribution in [1.29, 1.82) is 0 Å². The molecule has 0 aromatic rings. The van der Waals surface area contributed by atoms with Gasteiger partial charge in [0.2, 0.25) is 0 Å². The summed E-state index contributed by atoms with van der Waals surface area (Å²) < 4.78 is 5.01. The Labute approximate surface area is 89.0 Å². The Morgan fingerprint density at radius 3 is 2.42 bits per heavy atom. The fraction of sp³-hybridized carbons (Fsp3) is 0.875. The molecule has 0 spiro atoms. The van der Waals surface area contributed by atoms with E-state index in [2.05, 4.69) is 0 Å². The summed E-state index contributed by atoms with van der Waals surface area (Å²) in [4.78, 5) is 10.5. The minimum atomic E-state index is -0.847. The summed E-state index contributed by atoms with van der Waals surface area (Å²) in [6, 6.07) is 0. The molecule has 0 aliphatic rings. The summed E-state index contributed by atoms with van der Waals surface area (Å²) in [5, 5.41) is 8.61. The molecule has 1 N–H and O–H groups in total. The van der Waals surface area contributed by atoms with Crippen molar-refractivity contribution >= 4 is 5.97 Å². The smallest absolute Gasteiger partial charge is 0.332 e. The fourth-order valence-corrected chi connectivity index (χ4v) is 0.869. The summed E-state index contributed by atoms with van der Waals surface area (Å²) >= 11 is 0. The van der Waals surface area contributed by atoms with Crippen LogP contribution < -0.4 is 0 Å². The molecule has 0 heterocycles. The molecule has 0 bridgehead atoms. The zero-order chi connectivity index (χ0) is 8.69. The Morgan fingerprint density at radius 1 is 1.50 bits per heavy atom. The van der Waals surface area contributed by atoms with Gasteiger partial charge >= 0.3 is 5.97 Å². The van der Waals surface area contributed by atoms with Gasteiger partial charge in [-0.1, -0.05) is 19.8 Å². The third-order valence-electron chi connectivity index (χ3n) is 1.46. The topological polar surface area (TPSA) is 46.5 Å². The van der Waals surface area contributed by atoms with Crippen LogP contribution in [-0.2, 0) is 31.9 Å². The Balaban J connectivity index is 0.